The van der Waals surface area contributed by atoms with E-state index in [1.54, 1.807) is 12.1 Å². The predicted octanol–water partition coefficient (Wildman–Crippen LogP) is 2.06. The van der Waals surface area contributed by atoms with E-state index in [4.69, 9.17) is 10.00 Å². The molecule has 18 heavy (non-hydrogen) atoms. The molecule has 6 heteroatoms. The van der Waals surface area contributed by atoms with E-state index < -0.39 is 4.92 Å². The van der Waals surface area contributed by atoms with Crippen molar-refractivity contribution in [1.82, 2.24) is 0 Å². The van der Waals surface area contributed by atoms with Gasteiger partial charge < -0.3 is 10.1 Å². The van der Waals surface area contributed by atoms with Gasteiger partial charge in [-0.15, -0.1) is 0 Å². The first kappa shape index (κ1) is 12.3. The minimum Gasteiger partial charge on any atom is -0.379 e. The van der Waals surface area contributed by atoms with Crippen LogP contribution in [-0.4, -0.2) is 24.2 Å². The quantitative estimate of drug-likeness (QED) is 0.652. The first-order valence-corrected chi connectivity index (χ1v) is 5.73. The van der Waals surface area contributed by atoms with Crippen molar-refractivity contribution >= 4 is 11.4 Å². The average molecular weight is 247 g/mol. The number of hydrogen-bond donors (Lipinski definition) is 1. The summed E-state index contributed by atoms with van der Waals surface area (Å²) in [4.78, 5) is 10.5. The maximum atomic E-state index is 11.0. The Balaban J connectivity index is 2.21. The average Bonchev–Trinajstić information content (AvgIpc) is 2.40. The van der Waals surface area contributed by atoms with Crippen LogP contribution in [0.2, 0.25) is 0 Å². The van der Waals surface area contributed by atoms with Crippen LogP contribution >= 0.6 is 0 Å². The summed E-state index contributed by atoms with van der Waals surface area (Å²) in [5, 5.41) is 22.8. The molecule has 0 bridgehead atoms. The molecule has 1 aliphatic rings. The van der Waals surface area contributed by atoms with E-state index in [0.717, 1.165) is 19.4 Å². The van der Waals surface area contributed by atoms with E-state index in [0.29, 0.717) is 12.3 Å². The van der Waals surface area contributed by atoms with Crippen molar-refractivity contribution in [3.05, 3.63) is 33.9 Å². The second-order valence-electron chi connectivity index (χ2n) is 4.16. The van der Waals surface area contributed by atoms with Crippen LogP contribution in [0.4, 0.5) is 11.4 Å². The second kappa shape index (κ2) is 5.47. The first-order chi connectivity index (χ1) is 8.70. The Bertz CT molecular complexity index is 490. The number of benzene rings is 1. The van der Waals surface area contributed by atoms with Crippen molar-refractivity contribution in [2.75, 3.05) is 18.5 Å². The van der Waals surface area contributed by atoms with Gasteiger partial charge in [-0.3, -0.25) is 10.1 Å². The Labute approximate surface area is 104 Å². The lowest BCUT2D eigenvalue weighted by atomic mass is 10.1. The smallest absolute Gasteiger partial charge is 0.293 e. The lowest BCUT2D eigenvalue weighted by molar-refractivity contribution is -0.384. The molecule has 1 aromatic rings. The molecule has 0 radical (unpaired) electrons. The first-order valence-electron chi connectivity index (χ1n) is 5.73. The number of ether oxygens (including phenoxy) is 1. The Kier molecular flexibility index (Phi) is 3.75. The zero-order chi connectivity index (χ0) is 13.0. The summed E-state index contributed by atoms with van der Waals surface area (Å²) in [6.45, 7) is 1.30. The van der Waals surface area contributed by atoms with Gasteiger partial charge in [-0.2, -0.15) is 5.26 Å². The molecule has 0 spiro atoms. The minimum absolute atomic E-state index is 0.0698. The highest BCUT2D eigenvalue weighted by atomic mass is 16.6. The fraction of sp³-hybridized carbons (Fsp3) is 0.417. The summed E-state index contributed by atoms with van der Waals surface area (Å²) in [6, 6.07) is 6.41. The normalized spacial score (nSPS) is 18.9. The van der Waals surface area contributed by atoms with E-state index in [1.165, 1.54) is 6.07 Å². The van der Waals surface area contributed by atoms with Crippen molar-refractivity contribution in [3.8, 4) is 6.07 Å². The van der Waals surface area contributed by atoms with Crippen molar-refractivity contribution in [2.45, 2.75) is 18.9 Å². The van der Waals surface area contributed by atoms with Crippen LogP contribution < -0.4 is 5.32 Å². The van der Waals surface area contributed by atoms with Gasteiger partial charge in [0.05, 0.1) is 23.2 Å². The lowest BCUT2D eigenvalue weighted by Gasteiger charge is -2.23. The number of nitriles is 1. The number of nitro benzene ring substituents is 1. The molecule has 1 unspecified atom stereocenters. The number of hydrogen-bond acceptors (Lipinski definition) is 5. The van der Waals surface area contributed by atoms with Gasteiger partial charge in [0.25, 0.3) is 5.69 Å². The summed E-state index contributed by atoms with van der Waals surface area (Å²) in [5.74, 6) is 0. The molecule has 1 heterocycles. The van der Waals surface area contributed by atoms with Gasteiger partial charge in [0.15, 0.2) is 0 Å². The van der Waals surface area contributed by atoms with Crippen molar-refractivity contribution in [1.29, 1.82) is 5.26 Å². The fourth-order valence-electron chi connectivity index (χ4n) is 1.95. The fourth-order valence-corrected chi connectivity index (χ4v) is 1.95. The molecule has 1 atom stereocenters. The van der Waals surface area contributed by atoms with Crippen LogP contribution in [0.1, 0.15) is 18.4 Å². The van der Waals surface area contributed by atoms with Gasteiger partial charge in [0, 0.05) is 18.7 Å². The zero-order valence-electron chi connectivity index (χ0n) is 9.76. The lowest BCUT2D eigenvalue weighted by Crippen LogP contribution is -2.30. The molecule has 0 amide bonds. The second-order valence-corrected chi connectivity index (χ2v) is 4.16. The van der Waals surface area contributed by atoms with Crippen LogP contribution in [0.25, 0.3) is 0 Å². The van der Waals surface area contributed by atoms with Crippen LogP contribution in [0.3, 0.4) is 0 Å². The molecule has 1 aromatic carbocycles. The number of nitro groups is 1. The number of nitrogens with one attached hydrogen (secondary N) is 1. The topological polar surface area (TPSA) is 88.2 Å². The Morgan fingerprint density at radius 1 is 1.56 bits per heavy atom. The molecule has 1 saturated heterocycles. The summed E-state index contributed by atoms with van der Waals surface area (Å²) in [5.41, 5.74) is 0.654. The zero-order valence-corrected chi connectivity index (χ0v) is 9.76. The van der Waals surface area contributed by atoms with Crippen molar-refractivity contribution in [2.24, 2.45) is 0 Å². The highest BCUT2D eigenvalue weighted by molar-refractivity contribution is 5.64. The van der Waals surface area contributed by atoms with Crippen LogP contribution in [0.5, 0.6) is 0 Å². The predicted molar refractivity (Wildman–Crippen MR) is 65.3 cm³/mol. The van der Waals surface area contributed by atoms with Crippen LogP contribution in [-0.2, 0) is 4.74 Å². The van der Waals surface area contributed by atoms with Gasteiger partial charge in [0.2, 0.25) is 0 Å². The standard InChI is InChI=1S/C12H13N3O3/c13-7-9-3-4-11(12(6-9)15(16)17)14-10-2-1-5-18-8-10/h3-4,6,10,14H,1-2,5,8H2. The molecule has 1 aliphatic heterocycles. The van der Waals surface area contributed by atoms with Gasteiger partial charge in [0.1, 0.15) is 5.69 Å². The van der Waals surface area contributed by atoms with Gasteiger partial charge in [-0.1, -0.05) is 0 Å². The number of anilines is 1. The summed E-state index contributed by atoms with van der Waals surface area (Å²) >= 11 is 0. The van der Waals surface area contributed by atoms with Gasteiger partial charge in [-0.25, -0.2) is 0 Å². The molecular weight excluding hydrogens is 234 g/mol. The third-order valence-electron chi connectivity index (χ3n) is 2.84. The van der Waals surface area contributed by atoms with Crippen molar-refractivity contribution in [3.63, 3.8) is 0 Å². The molecule has 0 aromatic heterocycles. The highest BCUT2D eigenvalue weighted by Gasteiger charge is 2.19. The van der Waals surface area contributed by atoms with Gasteiger partial charge in [-0.05, 0) is 25.0 Å². The third-order valence-corrected chi connectivity index (χ3v) is 2.84. The molecule has 94 valence electrons. The van der Waals surface area contributed by atoms with Crippen molar-refractivity contribution < 1.29 is 9.66 Å². The third kappa shape index (κ3) is 2.76. The monoisotopic (exact) mass is 247 g/mol. The summed E-state index contributed by atoms with van der Waals surface area (Å²) in [6.07, 6.45) is 1.87. The van der Waals surface area contributed by atoms with Crippen LogP contribution in [0, 0.1) is 21.4 Å². The molecular formula is C12H13N3O3. The molecule has 6 nitrogen and oxygen atoms in total. The molecule has 1 N–H and O–H groups in total. The molecule has 2 rings (SSSR count). The highest BCUT2D eigenvalue weighted by Crippen LogP contribution is 2.27. The maximum Gasteiger partial charge on any atom is 0.293 e. The van der Waals surface area contributed by atoms with Crippen LogP contribution in [0.15, 0.2) is 18.2 Å². The molecule has 0 aliphatic carbocycles. The van der Waals surface area contributed by atoms with E-state index in [2.05, 4.69) is 5.32 Å². The SMILES string of the molecule is N#Cc1ccc(NC2CCCOC2)c([N+](=O)[O-])c1. The molecule has 1 fully saturated rings. The minimum atomic E-state index is -0.479. The van der Waals surface area contributed by atoms with Gasteiger partial charge >= 0.3 is 0 Å². The number of nitrogens with zero attached hydrogens (tertiary/aromatic N) is 2. The van der Waals surface area contributed by atoms with E-state index in [-0.39, 0.29) is 17.3 Å². The number of rotatable bonds is 3. The maximum absolute atomic E-state index is 11.0. The Morgan fingerprint density at radius 3 is 3.00 bits per heavy atom. The Hall–Kier alpha value is -2.13. The largest absolute Gasteiger partial charge is 0.379 e. The summed E-state index contributed by atoms with van der Waals surface area (Å²) in [7, 11) is 0. The van der Waals surface area contributed by atoms with E-state index >= 15 is 0 Å². The van der Waals surface area contributed by atoms with E-state index in [9.17, 15) is 10.1 Å². The molecule has 0 saturated carbocycles. The summed E-state index contributed by atoms with van der Waals surface area (Å²) < 4.78 is 5.31. The Morgan fingerprint density at radius 2 is 2.39 bits per heavy atom. The van der Waals surface area contributed by atoms with E-state index in [1.807, 2.05) is 6.07 Å².